The number of hydrogen-bond donors (Lipinski definition) is 0. The molecular formula is C8H7N3. The predicted octanol–water partition coefficient (Wildman–Crippen LogP) is 1.33. The molecule has 0 aliphatic heterocycles. The summed E-state index contributed by atoms with van der Waals surface area (Å²) >= 11 is 0. The maximum atomic E-state index is 4.10. The SMILES string of the molecule is Cc1cc2ccnnc2cn1. The lowest BCUT2D eigenvalue weighted by molar-refractivity contribution is 1.06. The summed E-state index contributed by atoms with van der Waals surface area (Å²) in [6.45, 7) is 1.96. The second-order valence-corrected chi connectivity index (χ2v) is 2.42. The van der Waals surface area contributed by atoms with Crippen LogP contribution in [0.1, 0.15) is 5.69 Å². The maximum Gasteiger partial charge on any atom is 0.111 e. The first-order valence-electron chi connectivity index (χ1n) is 3.40. The molecular weight excluding hydrogens is 138 g/mol. The van der Waals surface area contributed by atoms with Crippen LogP contribution in [-0.4, -0.2) is 15.2 Å². The van der Waals surface area contributed by atoms with E-state index in [-0.39, 0.29) is 0 Å². The molecule has 11 heavy (non-hydrogen) atoms. The number of rotatable bonds is 0. The molecule has 2 aromatic heterocycles. The molecule has 0 radical (unpaired) electrons. The first-order valence-corrected chi connectivity index (χ1v) is 3.40. The Bertz CT molecular complexity index is 384. The van der Waals surface area contributed by atoms with E-state index in [9.17, 15) is 0 Å². The standard InChI is InChI=1S/C8H7N3/c1-6-4-7-2-3-10-11-8(7)5-9-6/h2-5H,1H3. The van der Waals surface area contributed by atoms with E-state index >= 15 is 0 Å². The van der Waals surface area contributed by atoms with Crippen molar-refractivity contribution in [1.82, 2.24) is 15.2 Å². The third-order valence-electron chi connectivity index (χ3n) is 1.54. The largest absolute Gasteiger partial charge is 0.259 e. The second-order valence-electron chi connectivity index (χ2n) is 2.42. The molecule has 0 saturated heterocycles. The minimum atomic E-state index is 0.845. The molecule has 0 amide bonds. The Morgan fingerprint density at radius 3 is 3.18 bits per heavy atom. The average molecular weight is 145 g/mol. The van der Waals surface area contributed by atoms with Gasteiger partial charge < -0.3 is 0 Å². The molecule has 3 nitrogen and oxygen atoms in total. The predicted molar refractivity (Wildman–Crippen MR) is 42.1 cm³/mol. The van der Waals surface area contributed by atoms with Crippen molar-refractivity contribution in [3.8, 4) is 0 Å². The molecule has 0 aliphatic rings. The summed E-state index contributed by atoms with van der Waals surface area (Å²) in [4.78, 5) is 4.10. The summed E-state index contributed by atoms with van der Waals surface area (Å²) in [6, 6.07) is 3.92. The Labute approximate surface area is 64.1 Å². The lowest BCUT2D eigenvalue weighted by Gasteiger charge is -1.94. The van der Waals surface area contributed by atoms with E-state index in [1.807, 2.05) is 19.1 Å². The van der Waals surface area contributed by atoms with Gasteiger partial charge in [0.05, 0.1) is 12.4 Å². The summed E-state index contributed by atoms with van der Waals surface area (Å²) in [5, 5.41) is 8.75. The molecule has 0 saturated carbocycles. The third-order valence-corrected chi connectivity index (χ3v) is 1.54. The number of aromatic nitrogens is 3. The molecule has 2 aromatic rings. The number of pyridine rings is 1. The molecule has 0 N–H and O–H groups in total. The van der Waals surface area contributed by atoms with Crippen molar-refractivity contribution in [3.63, 3.8) is 0 Å². The molecule has 2 heterocycles. The maximum absolute atomic E-state index is 4.10. The van der Waals surface area contributed by atoms with Crippen LogP contribution in [0.3, 0.4) is 0 Å². The lowest BCUT2D eigenvalue weighted by Crippen LogP contribution is -1.85. The van der Waals surface area contributed by atoms with Crippen LogP contribution in [-0.2, 0) is 0 Å². The quantitative estimate of drug-likeness (QED) is 0.561. The summed E-state index contributed by atoms with van der Waals surface area (Å²) < 4.78 is 0. The van der Waals surface area contributed by atoms with Crippen molar-refractivity contribution >= 4 is 10.9 Å². The summed E-state index contributed by atoms with van der Waals surface area (Å²) in [6.07, 6.45) is 3.42. The van der Waals surface area contributed by atoms with E-state index in [0.29, 0.717) is 0 Å². The van der Waals surface area contributed by atoms with Crippen molar-refractivity contribution in [1.29, 1.82) is 0 Å². The zero-order chi connectivity index (χ0) is 7.68. The molecule has 0 atom stereocenters. The zero-order valence-corrected chi connectivity index (χ0v) is 6.15. The van der Waals surface area contributed by atoms with Gasteiger partial charge in [-0.1, -0.05) is 0 Å². The first-order chi connectivity index (χ1) is 5.36. The van der Waals surface area contributed by atoms with Crippen LogP contribution in [0.5, 0.6) is 0 Å². The highest BCUT2D eigenvalue weighted by Crippen LogP contribution is 2.08. The molecule has 0 aliphatic carbocycles. The molecule has 0 unspecified atom stereocenters. The molecule has 2 rings (SSSR count). The summed E-state index contributed by atoms with van der Waals surface area (Å²) in [5.74, 6) is 0. The molecule has 54 valence electrons. The van der Waals surface area contributed by atoms with Crippen LogP contribution < -0.4 is 0 Å². The monoisotopic (exact) mass is 145 g/mol. The van der Waals surface area contributed by atoms with Gasteiger partial charge in [0.25, 0.3) is 0 Å². The number of hydrogen-bond acceptors (Lipinski definition) is 3. The highest BCUT2D eigenvalue weighted by atomic mass is 15.1. The Morgan fingerprint density at radius 1 is 1.36 bits per heavy atom. The average Bonchev–Trinajstić information content (AvgIpc) is 2.04. The Hall–Kier alpha value is -1.51. The summed E-state index contributed by atoms with van der Waals surface area (Å²) in [5.41, 5.74) is 1.85. The van der Waals surface area contributed by atoms with Crippen LogP contribution in [0.15, 0.2) is 24.5 Å². The molecule has 3 heteroatoms. The summed E-state index contributed by atoms with van der Waals surface area (Å²) in [7, 11) is 0. The van der Waals surface area contributed by atoms with E-state index in [4.69, 9.17) is 0 Å². The van der Waals surface area contributed by atoms with Gasteiger partial charge in [0, 0.05) is 11.1 Å². The van der Waals surface area contributed by atoms with Crippen LogP contribution in [0.25, 0.3) is 10.9 Å². The van der Waals surface area contributed by atoms with E-state index in [2.05, 4.69) is 15.2 Å². The topological polar surface area (TPSA) is 38.7 Å². The van der Waals surface area contributed by atoms with E-state index in [1.165, 1.54) is 0 Å². The molecule has 0 fully saturated rings. The van der Waals surface area contributed by atoms with Gasteiger partial charge in [0.15, 0.2) is 0 Å². The smallest absolute Gasteiger partial charge is 0.111 e. The fourth-order valence-corrected chi connectivity index (χ4v) is 1.000. The van der Waals surface area contributed by atoms with Crippen molar-refractivity contribution in [3.05, 3.63) is 30.2 Å². The van der Waals surface area contributed by atoms with Gasteiger partial charge in [0.2, 0.25) is 0 Å². The normalized spacial score (nSPS) is 10.3. The van der Waals surface area contributed by atoms with Gasteiger partial charge in [-0.3, -0.25) is 4.98 Å². The number of nitrogens with zero attached hydrogens (tertiary/aromatic N) is 3. The zero-order valence-electron chi connectivity index (χ0n) is 6.15. The number of fused-ring (bicyclic) bond motifs is 1. The minimum Gasteiger partial charge on any atom is -0.259 e. The Kier molecular flexibility index (Phi) is 1.28. The third kappa shape index (κ3) is 1.05. The van der Waals surface area contributed by atoms with Gasteiger partial charge in [-0.05, 0) is 19.1 Å². The van der Waals surface area contributed by atoms with Crippen molar-refractivity contribution in [2.24, 2.45) is 0 Å². The molecule has 0 aromatic carbocycles. The number of aryl methyl sites for hydroxylation is 1. The van der Waals surface area contributed by atoms with E-state index in [0.717, 1.165) is 16.6 Å². The van der Waals surface area contributed by atoms with Crippen LogP contribution in [0.4, 0.5) is 0 Å². The second kappa shape index (κ2) is 2.27. The molecule has 0 bridgehead atoms. The van der Waals surface area contributed by atoms with Crippen molar-refractivity contribution in [2.45, 2.75) is 6.92 Å². The lowest BCUT2D eigenvalue weighted by atomic mass is 10.2. The van der Waals surface area contributed by atoms with Gasteiger partial charge in [-0.15, -0.1) is 5.10 Å². The van der Waals surface area contributed by atoms with Crippen LogP contribution in [0.2, 0.25) is 0 Å². The van der Waals surface area contributed by atoms with E-state index < -0.39 is 0 Å². The first kappa shape index (κ1) is 6.22. The van der Waals surface area contributed by atoms with Gasteiger partial charge in [-0.2, -0.15) is 5.10 Å². The van der Waals surface area contributed by atoms with Gasteiger partial charge >= 0.3 is 0 Å². The van der Waals surface area contributed by atoms with E-state index in [1.54, 1.807) is 12.4 Å². The highest BCUT2D eigenvalue weighted by Gasteiger charge is 1.93. The van der Waals surface area contributed by atoms with Crippen LogP contribution in [0, 0.1) is 6.92 Å². The van der Waals surface area contributed by atoms with Crippen molar-refractivity contribution in [2.75, 3.05) is 0 Å². The Balaban J connectivity index is 2.83. The molecule has 0 spiro atoms. The van der Waals surface area contributed by atoms with Crippen LogP contribution >= 0.6 is 0 Å². The van der Waals surface area contributed by atoms with Crippen molar-refractivity contribution < 1.29 is 0 Å². The minimum absolute atomic E-state index is 0.845. The highest BCUT2D eigenvalue weighted by molar-refractivity contribution is 5.76. The fourth-order valence-electron chi connectivity index (χ4n) is 1.000. The fraction of sp³-hybridized carbons (Fsp3) is 0.125. The van der Waals surface area contributed by atoms with Gasteiger partial charge in [-0.25, -0.2) is 0 Å². The Morgan fingerprint density at radius 2 is 2.27 bits per heavy atom. The van der Waals surface area contributed by atoms with Gasteiger partial charge in [0.1, 0.15) is 5.52 Å².